The molecule has 0 aliphatic heterocycles. The van der Waals surface area contributed by atoms with Crippen molar-refractivity contribution in [2.75, 3.05) is 5.75 Å². The molecule has 86 valence electrons. The van der Waals surface area contributed by atoms with E-state index in [1.54, 1.807) is 0 Å². The number of fused-ring (bicyclic) bond motifs is 1. The number of rotatable bonds is 4. The zero-order valence-corrected chi connectivity index (χ0v) is 10.3. The van der Waals surface area contributed by atoms with Crippen LogP contribution in [0.3, 0.4) is 0 Å². The lowest BCUT2D eigenvalue weighted by atomic mass is 10.1. The van der Waals surface area contributed by atoms with Gasteiger partial charge in [-0.1, -0.05) is 12.1 Å². The van der Waals surface area contributed by atoms with E-state index in [9.17, 15) is 10.2 Å². The standard InChI is InChI=1S/C11H13NO2S2/c13-8(5-6-15)10(14)11-12-7-3-1-2-4-9(7)16-11/h1-4,8,10,13-15H,5-6H2. The van der Waals surface area contributed by atoms with Crippen molar-refractivity contribution in [1.29, 1.82) is 0 Å². The molecule has 2 rings (SSSR count). The summed E-state index contributed by atoms with van der Waals surface area (Å²) in [6.07, 6.45) is -1.25. The van der Waals surface area contributed by atoms with Crippen molar-refractivity contribution < 1.29 is 10.2 Å². The summed E-state index contributed by atoms with van der Waals surface area (Å²) in [5.74, 6) is 0.545. The Bertz CT molecular complexity index is 439. The summed E-state index contributed by atoms with van der Waals surface area (Å²) in [5.41, 5.74) is 0.861. The van der Waals surface area contributed by atoms with Gasteiger partial charge in [0.1, 0.15) is 11.1 Å². The number of benzene rings is 1. The third-order valence-corrected chi connectivity index (χ3v) is 3.72. The zero-order valence-electron chi connectivity index (χ0n) is 8.58. The van der Waals surface area contributed by atoms with Crippen LogP contribution in [0.4, 0.5) is 0 Å². The Kier molecular flexibility index (Phi) is 3.81. The number of aliphatic hydroxyl groups excluding tert-OH is 2. The first-order valence-electron chi connectivity index (χ1n) is 5.05. The Labute approximate surface area is 103 Å². The largest absolute Gasteiger partial charge is 0.390 e. The number of thiazole rings is 1. The summed E-state index contributed by atoms with van der Waals surface area (Å²) < 4.78 is 1.02. The predicted octanol–water partition coefficient (Wildman–Crippen LogP) is 2.01. The number of aliphatic hydroxyl groups is 2. The maximum Gasteiger partial charge on any atom is 0.131 e. The SMILES string of the molecule is OC(CCS)C(O)c1nc2ccccc2s1. The summed E-state index contributed by atoms with van der Waals surface area (Å²) in [7, 11) is 0. The molecule has 0 aliphatic carbocycles. The lowest BCUT2D eigenvalue weighted by molar-refractivity contribution is 0.0172. The molecule has 2 unspecified atom stereocenters. The molecule has 0 saturated carbocycles. The molecule has 0 radical (unpaired) electrons. The second-order valence-corrected chi connectivity index (χ2v) is 5.05. The monoisotopic (exact) mass is 255 g/mol. The molecule has 1 aromatic heterocycles. The van der Waals surface area contributed by atoms with Gasteiger partial charge in [0.2, 0.25) is 0 Å². The molecule has 2 aromatic rings. The minimum atomic E-state index is -0.912. The molecule has 2 N–H and O–H groups in total. The highest BCUT2D eigenvalue weighted by molar-refractivity contribution is 7.80. The average molecular weight is 255 g/mol. The van der Waals surface area contributed by atoms with E-state index >= 15 is 0 Å². The topological polar surface area (TPSA) is 53.4 Å². The Balaban J connectivity index is 2.26. The van der Waals surface area contributed by atoms with Crippen LogP contribution in [0.1, 0.15) is 17.5 Å². The smallest absolute Gasteiger partial charge is 0.131 e. The fourth-order valence-electron chi connectivity index (χ4n) is 1.47. The van der Waals surface area contributed by atoms with E-state index in [0.717, 1.165) is 10.2 Å². The minimum Gasteiger partial charge on any atom is -0.390 e. The Morgan fingerprint density at radius 1 is 1.31 bits per heavy atom. The molecular formula is C11H13NO2S2. The van der Waals surface area contributed by atoms with Crippen molar-refractivity contribution in [3.8, 4) is 0 Å². The molecule has 5 heteroatoms. The maximum absolute atomic E-state index is 9.89. The number of thiol groups is 1. The minimum absolute atomic E-state index is 0.459. The van der Waals surface area contributed by atoms with Gasteiger partial charge in [-0.15, -0.1) is 11.3 Å². The first kappa shape index (κ1) is 11.9. The highest BCUT2D eigenvalue weighted by Gasteiger charge is 2.21. The van der Waals surface area contributed by atoms with Gasteiger partial charge in [-0.25, -0.2) is 4.98 Å². The van der Waals surface area contributed by atoms with Crippen LogP contribution in [0.2, 0.25) is 0 Å². The van der Waals surface area contributed by atoms with Gasteiger partial charge in [0, 0.05) is 0 Å². The van der Waals surface area contributed by atoms with Crippen molar-refractivity contribution in [2.24, 2.45) is 0 Å². The lowest BCUT2D eigenvalue weighted by Crippen LogP contribution is -2.18. The number of nitrogens with zero attached hydrogens (tertiary/aromatic N) is 1. The summed E-state index contributed by atoms with van der Waals surface area (Å²) in [4.78, 5) is 4.30. The third-order valence-electron chi connectivity index (χ3n) is 2.35. The van der Waals surface area contributed by atoms with Gasteiger partial charge in [-0.2, -0.15) is 12.6 Å². The van der Waals surface area contributed by atoms with Crippen LogP contribution in [0.5, 0.6) is 0 Å². The van der Waals surface area contributed by atoms with Crippen LogP contribution >= 0.6 is 24.0 Å². The zero-order chi connectivity index (χ0) is 11.5. The quantitative estimate of drug-likeness (QED) is 0.733. The fraction of sp³-hybridized carbons (Fsp3) is 0.364. The van der Waals surface area contributed by atoms with Crippen LogP contribution in [-0.4, -0.2) is 27.1 Å². The fourth-order valence-corrected chi connectivity index (χ4v) is 2.75. The molecule has 1 heterocycles. The van der Waals surface area contributed by atoms with Crippen LogP contribution < -0.4 is 0 Å². The van der Waals surface area contributed by atoms with Crippen LogP contribution in [0.15, 0.2) is 24.3 Å². The molecule has 0 bridgehead atoms. The molecule has 0 aliphatic rings. The normalized spacial score (nSPS) is 15.2. The Morgan fingerprint density at radius 3 is 2.75 bits per heavy atom. The lowest BCUT2D eigenvalue weighted by Gasteiger charge is -2.13. The Morgan fingerprint density at radius 2 is 2.06 bits per heavy atom. The summed E-state index contributed by atoms with van der Waals surface area (Å²) in [6, 6.07) is 7.68. The molecule has 0 amide bonds. The van der Waals surface area contributed by atoms with Crippen molar-refractivity contribution >= 4 is 34.2 Å². The van der Waals surface area contributed by atoms with Gasteiger partial charge >= 0.3 is 0 Å². The van der Waals surface area contributed by atoms with Crippen LogP contribution in [0, 0.1) is 0 Å². The number of aromatic nitrogens is 1. The molecule has 1 aromatic carbocycles. The van der Waals surface area contributed by atoms with E-state index < -0.39 is 12.2 Å². The molecule has 0 fully saturated rings. The van der Waals surface area contributed by atoms with E-state index in [1.807, 2.05) is 24.3 Å². The van der Waals surface area contributed by atoms with E-state index in [4.69, 9.17) is 0 Å². The summed E-state index contributed by atoms with van der Waals surface area (Å²) in [6.45, 7) is 0. The molecule has 0 saturated heterocycles. The average Bonchev–Trinajstić information content (AvgIpc) is 2.71. The Hall–Kier alpha value is -0.620. The van der Waals surface area contributed by atoms with Crippen LogP contribution in [-0.2, 0) is 0 Å². The third kappa shape index (κ3) is 2.38. The van der Waals surface area contributed by atoms with Gasteiger partial charge in [0.25, 0.3) is 0 Å². The van der Waals surface area contributed by atoms with E-state index in [2.05, 4.69) is 17.6 Å². The predicted molar refractivity (Wildman–Crippen MR) is 69.1 cm³/mol. The van der Waals surface area contributed by atoms with Gasteiger partial charge in [0.05, 0.1) is 16.3 Å². The second-order valence-electron chi connectivity index (χ2n) is 3.54. The highest BCUT2D eigenvalue weighted by Crippen LogP contribution is 2.28. The number of hydrogen-bond donors (Lipinski definition) is 3. The van der Waals surface area contributed by atoms with Gasteiger partial charge in [-0.3, -0.25) is 0 Å². The summed E-state index contributed by atoms with van der Waals surface area (Å²) >= 11 is 5.44. The molecule has 16 heavy (non-hydrogen) atoms. The molecular weight excluding hydrogens is 242 g/mol. The van der Waals surface area contributed by atoms with Crippen molar-refractivity contribution in [2.45, 2.75) is 18.6 Å². The van der Waals surface area contributed by atoms with Crippen molar-refractivity contribution in [3.63, 3.8) is 0 Å². The first-order chi connectivity index (χ1) is 7.72. The van der Waals surface area contributed by atoms with Crippen molar-refractivity contribution in [3.05, 3.63) is 29.3 Å². The molecule has 3 nitrogen and oxygen atoms in total. The van der Waals surface area contributed by atoms with E-state index in [0.29, 0.717) is 17.2 Å². The van der Waals surface area contributed by atoms with Crippen LogP contribution in [0.25, 0.3) is 10.2 Å². The van der Waals surface area contributed by atoms with Gasteiger partial charge in [-0.05, 0) is 24.3 Å². The maximum atomic E-state index is 9.89. The highest BCUT2D eigenvalue weighted by atomic mass is 32.1. The van der Waals surface area contributed by atoms with Gasteiger partial charge < -0.3 is 10.2 Å². The molecule has 0 spiro atoms. The summed E-state index contributed by atoms with van der Waals surface area (Å²) in [5, 5.41) is 20.1. The van der Waals surface area contributed by atoms with Crippen molar-refractivity contribution in [1.82, 2.24) is 4.98 Å². The van der Waals surface area contributed by atoms with E-state index in [-0.39, 0.29) is 0 Å². The van der Waals surface area contributed by atoms with Gasteiger partial charge in [0.15, 0.2) is 0 Å². The number of para-hydroxylation sites is 1. The number of hydrogen-bond acceptors (Lipinski definition) is 5. The second kappa shape index (κ2) is 5.14. The molecule has 2 atom stereocenters. The van der Waals surface area contributed by atoms with E-state index in [1.165, 1.54) is 11.3 Å². The first-order valence-corrected chi connectivity index (χ1v) is 6.49.